The summed E-state index contributed by atoms with van der Waals surface area (Å²) in [5.41, 5.74) is 0.0755. The highest BCUT2D eigenvalue weighted by molar-refractivity contribution is 6.44. The highest BCUT2D eigenvalue weighted by Crippen LogP contribution is 2.33. The van der Waals surface area contributed by atoms with E-state index in [9.17, 15) is 18.0 Å². The largest absolute Gasteiger partial charge is 0.481 e. The summed E-state index contributed by atoms with van der Waals surface area (Å²) >= 11 is 17.1. The molecule has 0 fully saturated rings. The van der Waals surface area contributed by atoms with Crippen LogP contribution in [-0.2, 0) is 4.79 Å². The second-order valence-corrected chi connectivity index (χ2v) is 4.78. The molecule has 106 valence electrons. The first-order valence-corrected chi connectivity index (χ1v) is 5.94. The number of rotatable bonds is 4. The third-order valence-corrected chi connectivity index (χ3v) is 3.23. The zero-order valence-corrected chi connectivity index (χ0v) is 11.3. The fraction of sp³-hybridized carbons (Fsp3) is 0.300. The van der Waals surface area contributed by atoms with Crippen LogP contribution in [0.1, 0.15) is 0 Å². The number of hydrogen-bond donors (Lipinski definition) is 2. The van der Waals surface area contributed by atoms with Crippen molar-refractivity contribution in [3.8, 4) is 0 Å². The lowest BCUT2D eigenvalue weighted by molar-refractivity contribution is -0.190. The average Bonchev–Trinajstić information content (AvgIpc) is 2.23. The maximum absolute atomic E-state index is 12.4. The van der Waals surface area contributed by atoms with Gasteiger partial charge < -0.3 is 10.4 Å². The molecule has 0 aliphatic heterocycles. The van der Waals surface area contributed by atoms with Gasteiger partial charge in [0.15, 0.2) is 5.92 Å². The summed E-state index contributed by atoms with van der Waals surface area (Å²) in [6.07, 6.45) is -4.86. The lowest BCUT2D eigenvalue weighted by atomic mass is 10.1. The van der Waals surface area contributed by atoms with Gasteiger partial charge in [-0.25, -0.2) is 0 Å². The van der Waals surface area contributed by atoms with Crippen LogP contribution in [0.15, 0.2) is 12.1 Å². The number of benzene rings is 1. The third kappa shape index (κ3) is 4.33. The van der Waals surface area contributed by atoms with Gasteiger partial charge in [-0.15, -0.1) is 0 Å². The third-order valence-electron chi connectivity index (χ3n) is 2.20. The molecule has 1 unspecified atom stereocenters. The molecular weight excluding hydrogens is 329 g/mol. The van der Waals surface area contributed by atoms with Crippen LogP contribution in [0.4, 0.5) is 18.9 Å². The molecule has 0 aliphatic rings. The Balaban J connectivity index is 2.86. The second kappa shape index (κ2) is 6.07. The molecule has 1 aromatic carbocycles. The van der Waals surface area contributed by atoms with Crippen LogP contribution in [0.3, 0.4) is 0 Å². The number of carboxylic acids is 1. The molecular formula is C10H7Cl3F3NO2. The van der Waals surface area contributed by atoms with E-state index in [-0.39, 0.29) is 20.8 Å². The number of aliphatic carboxylic acids is 1. The molecule has 19 heavy (non-hydrogen) atoms. The van der Waals surface area contributed by atoms with Crippen LogP contribution >= 0.6 is 34.8 Å². The molecule has 1 atom stereocenters. The Bertz CT molecular complexity index is 494. The Kier molecular flexibility index (Phi) is 5.18. The van der Waals surface area contributed by atoms with E-state index >= 15 is 0 Å². The van der Waals surface area contributed by atoms with E-state index in [0.29, 0.717) is 0 Å². The van der Waals surface area contributed by atoms with Crippen LogP contribution in [0.25, 0.3) is 0 Å². The van der Waals surface area contributed by atoms with Crippen molar-refractivity contribution >= 4 is 46.5 Å². The van der Waals surface area contributed by atoms with Gasteiger partial charge in [-0.05, 0) is 12.1 Å². The quantitative estimate of drug-likeness (QED) is 0.805. The highest BCUT2D eigenvalue weighted by atomic mass is 35.5. The van der Waals surface area contributed by atoms with E-state index in [1.807, 2.05) is 0 Å². The zero-order chi connectivity index (χ0) is 14.8. The predicted octanol–water partition coefficient (Wildman–Crippen LogP) is 4.32. The van der Waals surface area contributed by atoms with Crippen LogP contribution in [-0.4, -0.2) is 23.8 Å². The number of carbonyl (C=O) groups is 1. The molecule has 2 N–H and O–H groups in total. The Morgan fingerprint density at radius 3 is 2.21 bits per heavy atom. The summed E-state index contributed by atoms with van der Waals surface area (Å²) in [5.74, 6) is -4.52. The number of alkyl halides is 3. The fourth-order valence-electron chi connectivity index (χ4n) is 1.21. The summed E-state index contributed by atoms with van der Waals surface area (Å²) in [6.45, 7) is -0.865. The van der Waals surface area contributed by atoms with E-state index < -0.39 is 24.6 Å². The van der Waals surface area contributed by atoms with Gasteiger partial charge in [-0.1, -0.05) is 34.8 Å². The van der Waals surface area contributed by atoms with Gasteiger partial charge in [-0.3, -0.25) is 4.79 Å². The number of halogens is 6. The first-order chi connectivity index (χ1) is 8.62. The van der Waals surface area contributed by atoms with Crippen molar-refractivity contribution < 1.29 is 23.1 Å². The number of carboxylic acid groups (broad SMARTS) is 1. The van der Waals surface area contributed by atoms with Crippen LogP contribution in [0.5, 0.6) is 0 Å². The van der Waals surface area contributed by atoms with E-state index in [4.69, 9.17) is 39.9 Å². The first kappa shape index (κ1) is 16.2. The Labute approximate surface area is 121 Å². The Morgan fingerprint density at radius 2 is 1.74 bits per heavy atom. The molecule has 0 amide bonds. The maximum Gasteiger partial charge on any atom is 0.403 e. The van der Waals surface area contributed by atoms with Crippen molar-refractivity contribution in [3.05, 3.63) is 27.2 Å². The zero-order valence-electron chi connectivity index (χ0n) is 9.06. The minimum Gasteiger partial charge on any atom is -0.481 e. The Hall–Kier alpha value is -0.850. The van der Waals surface area contributed by atoms with Gasteiger partial charge in [0, 0.05) is 6.54 Å². The van der Waals surface area contributed by atoms with E-state index in [1.54, 1.807) is 0 Å². The molecule has 9 heteroatoms. The lowest BCUT2D eigenvalue weighted by Gasteiger charge is -2.18. The van der Waals surface area contributed by atoms with Gasteiger partial charge in [-0.2, -0.15) is 13.2 Å². The normalized spacial score (nSPS) is 13.2. The van der Waals surface area contributed by atoms with Crippen molar-refractivity contribution in [3.63, 3.8) is 0 Å². The molecule has 3 nitrogen and oxygen atoms in total. The molecule has 0 saturated carbocycles. The molecule has 1 rings (SSSR count). The number of hydrogen-bond acceptors (Lipinski definition) is 2. The van der Waals surface area contributed by atoms with Crippen LogP contribution in [0.2, 0.25) is 15.1 Å². The summed E-state index contributed by atoms with van der Waals surface area (Å²) in [7, 11) is 0. The van der Waals surface area contributed by atoms with Gasteiger partial charge in [0.25, 0.3) is 0 Å². The van der Waals surface area contributed by atoms with E-state index in [0.717, 1.165) is 0 Å². The number of anilines is 1. The lowest BCUT2D eigenvalue weighted by Crippen LogP contribution is -2.36. The summed E-state index contributed by atoms with van der Waals surface area (Å²) < 4.78 is 37.2. The molecule has 0 radical (unpaired) electrons. The maximum atomic E-state index is 12.4. The smallest absolute Gasteiger partial charge is 0.403 e. The summed E-state index contributed by atoms with van der Waals surface area (Å²) in [5, 5.41) is 11.1. The first-order valence-electron chi connectivity index (χ1n) is 4.81. The van der Waals surface area contributed by atoms with Crippen molar-refractivity contribution in [2.75, 3.05) is 11.9 Å². The monoisotopic (exact) mass is 335 g/mol. The molecule has 1 aromatic rings. The highest BCUT2D eigenvalue weighted by Gasteiger charge is 2.44. The number of nitrogens with one attached hydrogen (secondary N) is 1. The minimum absolute atomic E-state index is 0.0423. The van der Waals surface area contributed by atoms with Crippen molar-refractivity contribution in [1.29, 1.82) is 0 Å². The molecule has 0 aliphatic carbocycles. The van der Waals surface area contributed by atoms with Crippen molar-refractivity contribution in [1.82, 2.24) is 0 Å². The average molecular weight is 337 g/mol. The molecule has 0 spiro atoms. The molecule has 0 saturated heterocycles. The standard InChI is InChI=1S/C10H7Cl3F3NO2/c11-5-1-7(13)8(2-6(5)12)17-3-4(9(18)19)10(14,15)16/h1-2,4,17H,3H2,(H,18,19). The van der Waals surface area contributed by atoms with Gasteiger partial charge in [0.1, 0.15) is 0 Å². The predicted molar refractivity (Wildman–Crippen MR) is 67.1 cm³/mol. The van der Waals surface area contributed by atoms with Crippen LogP contribution in [0, 0.1) is 5.92 Å². The topological polar surface area (TPSA) is 49.3 Å². The molecule has 0 heterocycles. The minimum atomic E-state index is -4.86. The Morgan fingerprint density at radius 1 is 1.21 bits per heavy atom. The summed E-state index contributed by atoms with van der Waals surface area (Å²) in [6, 6.07) is 2.47. The van der Waals surface area contributed by atoms with Crippen LogP contribution < -0.4 is 5.32 Å². The fourth-order valence-corrected chi connectivity index (χ4v) is 1.83. The van der Waals surface area contributed by atoms with E-state index in [1.165, 1.54) is 12.1 Å². The van der Waals surface area contributed by atoms with Gasteiger partial charge in [0.05, 0.1) is 20.8 Å². The SMILES string of the molecule is O=C(O)C(CNc1cc(Cl)c(Cl)cc1Cl)C(F)(F)F. The van der Waals surface area contributed by atoms with Gasteiger partial charge in [0.2, 0.25) is 0 Å². The van der Waals surface area contributed by atoms with Crippen molar-refractivity contribution in [2.45, 2.75) is 6.18 Å². The van der Waals surface area contributed by atoms with Gasteiger partial charge >= 0.3 is 12.1 Å². The summed E-state index contributed by atoms with van der Waals surface area (Å²) in [4.78, 5) is 10.5. The molecule has 0 bridgehead atoms. The second-order valence-electron chi connectivity index (χ2n) is 3.56. The van der Waals surface area contributed by atoms with Crippen molar-refractivity contribution in [2.24, 2.45) is 5.92 Å². The van der Waals surface area contributed by atoms with E-state index in [2.05, 4.69) is 5.32 Å². The molecule has 0 aromatic heterocycles.